The van der Waals surface area contributed by atoms with Crippen LogP contribution in [0.5, 0.6) is 0 Å². The maximum absolute atomic E-state index is 6.20. The molecule has 23 heavy (non-hydrogen) atoms. The van der Waals surface area contributed by atoms with E-state index in [9.17, 15) is 0 Å². The number of aliphatic imine (C=N–C) groups is 2. The third kappa shape index (κ3) is 3.44. The molecule has 0 amide bonds. The van der Waals surface area contributed by atoms with Crippen LogP contribution in [-0.2, 0) is 4.74 Å². The lowest BCUT2D eigenvalue weighted by Crippen LogP contribution is -2.30. The summed E-state index contributed by atoms with van der Waals surface area (Å²) < 4.78 is 5.19. The van der Waals surface area contributed by atoms with Gasteiger partial charge in [0, 0.05) is 30.3 Å². The first-order valence-electron chi connectivity index (χ1n) is 7.36. The fourth-order valence-electron chi connectivity index (χ4n) is 2.52. The molecule has 0 fully saturated rings. The van der Waals surface area contributed by atoms with Crippen molar-refractivity contribution in [3.05, 3.63) is 64.7 Å². The lowest BCUT2D eigenvalue weighted by Gasteiger charge is -2.18. The van der Waals surface area contributed by atoms with E-state index in [2.05, 4.69) is 0 Å². The third-order valence-electron chi connectivity index (χ3n) is 3.65. The number of likely N-dealkylation sites (N-methyl/N-ethyl adjacent to an activating group) is 1. The molecule has 0 spiro atoms. The Hall–Kier alpha value is -2.17. The van der Waals surface area contributed by atoms with Gasteiger partial charge in [-0.2, -0.15) is 0 Å². The highest BCUT2D eigenvalue weighted by atomic mass is 35.5. The van der Waals surface area contributed by atoms with Gasteiger partial charge >= 0.3 is 0 Å². The zero-order valence-electron chi connectivity index (χ0n) is 13.2. The number of nitrogens with zero attached hydrogens (tertiary/aromatic N) is 3. The van der Waals surface area contributed by atoms with E-state index in [0.717, 1.165) is 28.4 Å². The van der Waals surface area contributed by atoms with Crippen LogP contribution in [0.15, 0.2) is 58.5 Å². The number of hydrogen-bond acceptors (Lipinski definition) is 4. The Morgan fingerprint density at radius 3 is 2.70 bits per heavy atom. The second-order valence-corrected chi connectivity index (χ2v) is 5.77. The molecular formula is C18H18ClN3O. The molecule has 0 bridgehead atoms. The summed E-state index contributed by atoms with van der Waals surface area (Å²) in [5.41, 5.74) is 3.78. The summed E-state index contributed by atoms with van der Waals surface area (Å²) >= 11 is 6.20. The molecule has 1 heterocycles. The van der Waals surface area contributed by atoms with E-state index < -0.39 is 0 Å². The Morgan fingerprint density at radius 1 is 1.17 bits per heavy atom. The second-order valence-electron chi connectivity index (χ2n) is 5.34. The third-order valence-corrected chi connectivity index (χ3v) is 3.89. The van der Waals surface area contributed by atoms with Crippen molar-refractivity contribution in [2.24, 2.45) is 9.98 Å². The van der Waals surface area contributed by atoms with Gasteiger partial charge in [0.15, 0.2) is 0 Å². The summed E-state index contributed by atoms with van der Waals surface area (Å²) in [6.45, 7) is 0.967. The van der Waals surface area contributed by atoms with Gasteiger partial charge in [0.2, 0.25) is 0 Å². The number of hydrogen-bond donors (Lipinski definition) is 0. The molecule has 1 aliphatic rings. The van der Waals surface area contributed by atoms with Crippen LogP contribution in [0.2, 0.25) is 5.02 Å². The van der Waals surface area contributed by atoms with Gasteiger partial charge < -0.3 is 9.64 Å². The molecule has 2 aromatic rings. The summed E-state index contributed by atoms with van der Waals surface area (Å²) in [7, 11) is 3.61. The van der Waals surface area contributed by atoms with E-state index in [0.29, 0.717) is 18.3 Å². The maximum Gasteiger partial charge on any atom is 0.128 e. The Labute approximate surface area is 141 Å². The van der Waals surface area contributed by atoms with Gasteiger partial charge in [-0.25, -0.2) is 4.99 Å². The van der Waals surface area contributed by atoms with Gasteiger partial charge in [-0.1, -0.05) is 41.9 Å². The molecule has 4 nitrogen and oxygen atoms in total. The van der Waals surface area contributed by atoms with Crippen molar-refractivity contribution in [3.8, 4) is 0 Å². The topological polar surface area (TPSA) is 37.2 Å². The molecule has 0 saturated heterocycles. The average molecular weight is 328 g/mol. The van der Waals surface area contributed by atoms with Crippen LogP contribution in [0.25, 0.3) is 0 Å². The number of benzene rings is 2. The van der Waals surface area contributed by atoms with Crippen molar-refractivity contribution in [2.45, 2.75) is 0 Å². The van der Waals surface area contributed by atoms with Crippen LogP contribution < -0.4 is 0 Å². The smallest absolute Gasteiger partial charge is 0.128 e. The normalized spacial score (nSPS) is 13.7. The molecule has 3 rings (SSSR count). The molecule has 2 aromatic carbocycles. The molecule has 0 unspecified atom stereocenters. The summed E-state index contributed by atoms with van der Waals surface area (Å²) in [5, 5.41) is 0.677. The molecule has 0 aromatic heterocycles. The van der Waals surface area contributed by atoms with Crippen LogP contribution in [0, 0.1) is 0 Å². The molecule has 0 N–H and O–H groups in total. The predicted molar refractivity (Wildman–Crippen MR) is 95.1 cm³/mol. The fourth-order valence-corrected chi connectivity index (χ4v) is 2.69. The van der Waals surface area contributed by atoms with Gasteiger partial charge in [0.05, 0.1) is 17.9 Å². The summed E-state index contributed by atoms with van der Waals surface area (Å²) in [6.07, 6.45) is 0. The molecule has 0 saturated carbocycles. The summed E-state index contributed by atoms with van der Waals surface area (Å²) in [5.74, 6) is 0.862. The lowest BCUT2D eigenvalue weighted by molar-refractivity contribution is 0.123. The van der Waals surface area contributed by atoms with Crippen molar-refractivity contribution >= 4 is 28.8 Å². The van der Waals surface area contributed by atoms with E-state index in [1.807, 2.05) is 60.5 Å². The van der Waals surface area contributed by atoms with Crippen molar-refractivity contribution < 1.29 is 4.74 Å². The Morgan fingerprint density at radius 2 is 1.96 bits per heavy atom. The maximum atomic E-state index is 6.20. The van der Waals surface area contributed by atoms with Gasteiger partial charge in [-0.15, -0.1) is 0 Å². The first-order chi connectivity index (χ1) is 11.2. The van der Waals surface area contributed by atoms with Crippen molar-refractivity contribution in [2.75, 3.05) is 27.4 Å². The first kappa shape index (κ1) is 15.7. The molecule has 1 aliphatic heterocycles. The van der Waals surface area contributed by atoms with E-state index in [1.165, 1.54) is 0 Å². The van der Waals surface area contributed by atoms with Crippen LogP contribution >= 0.6 is 11.6 Å². The molecule has 0 atom stereocenters. The standard InChI is InChI=1S/C18H18ClN3O/c1-22(12-23-2)17-11-20-18(13-6-4-3-5-7-13)15-10-14(19)8-9-16(15)21-17/h3-10H,11-12H2,1-2H3. The highest BCUT2D eigenvalue weighted by Crippen LogP contribution is 2.28. The lowest BCUT2D eigenvalue weighted by atomic mass is 10.0. The van der Waals surface area contributed by atoms with Crippen LogP contribution in [0.3, 0.4) is 0 Å². The highest BCUT2D eigenvalue weighted by molar-refractivity contribution is 6.31. The van der Waals surface area contributed by atoms with Crippen LogP contribution in [0.1, 0.15) is 11.1 Å². The second kappa shape index (κ2) is 6.94. The minimum atomic E-state index is 0.470. The van der Waals surface area contributed by atoms with Crippen LogP contribution in [0.4, 0.5) is 5.69 Å². The average Bonchev–Trinajstić information content (AvgIpc) is 2.75. The Kier molecular flexibility index (Phi) is 4.74. The van der Waals surface area contributed by atoms with Crippen molar-refractivity contribution in [3.63, 3.8) is 0 Å². The zero-order valence-corrected chi connectivity index (χ0v) is 13.9. The minimum Gasteiger partial charge on any atom is -0.364 e. The largest absolute Gasteiger partial charge is 0.364 e. The Balaban J connectivity index is 2.10. The first-order valence-corrected chi connectivity index (χ1v) is 7.74. The Bertz CT molecular complexity index is 756. The predicted octanol–water partition coefficient (Wildman–Crippen LogP) is 3.76. The molecule has 0 aliphatic carbocycles. The highest BCUT2D eigenvalue weighted by Gasteiger charge is 2.18. The molecule has 5 heteroatoms. The number of halogens is 1. The zero-order chi connectivity index (χ0) is 16.2. The minimum absolute atomic E-state index is 0.470. The van der Waals surface area contributed by atoms with Gasteiger partial charge in [-0.3, -0.25) is 4.99 Å². The molecule has 118 valence electrons. The van der Waals surface area contributed by atoms with Crippen LogP contribution in [-0.4, -0.2) is 43.9 Å². The molecular weight excluding hydrogens is 310 g/mol. The number of fused-ring (bicyclic) bond motifs is 1. The summed E-state index contributed by atoms with van der Waals surface area (Å²) in [4.78, 5) is 11.5. The van der Waals surface area contributed by atoms with Gasteiger partial charge in [-0.05, 0) is 18.2 Å². The van der Waals surface area contributed by atoms with E-state index in [4.69, 9.17) is 26.3 Å². The van der Waals surface area contributed by atoms with E-state index in [1.54, 1.807) is 7.11 Å². The fraction of sp³-hybridized carbons (Fsp3) is 0.222. The SMILES string of the molecule is COCN(C)C1=Nc2ccc(Cl)cc2C(c2ccccc2)=NC1. The number of amidine groups is 1. The van der Waals surface area contributed by atoms with Gasteiger partial charge in [0.1, 0.15) is 12.6 Å². The number of ether oxygens (including phenoxy) is 1. The molecule has 0 radical (unpaired) electrons. The number of rotatable bonds is 3. The summed E-state index contributed by atoms with van der Waals surface area (Å²) in [6, 6.07) is 15.8. The quantitative estimate of drug-likeness (QED) is 0.805. The van der Waals surface area contributed by atoms with Gasteiger partial charge in [0.25, 0.3) is 0 Å². The van der Waals surface area contributed by atoms with E-state index in [-0.39, 0.29) is 0 Å². The van der Waals surface area contributed by atoms with E-state index >= 15 is 0 Å². The number of methoxy groups -OCH3 is 1. The van der Waals surface area contributed by atoms with Crippen molar-refractivity contribution in [1.29, 1.82) is 0 Å². The monoisotopic (exact) mass is 327 g/mol. The van der Waals surface area contributed by atoms with Crippen molar-refractivity contribution in [1.82, 2.24) is 4.90 Å².